The van der Waals surface area contributed by atoms with Gasteiger partial charge in [0.15, 0.2) is 16.3 Å². The first-order valence-corrected chi connectivity index (χ1v) is 13.7. The van der Waals surface area contributed by atoms with Gasteiger partial charge in [-0.3, -0.25) is 14.4 Å². The second-order valence-corrected chi connectivity index (χ2v) is 11.7. The number of rotatable bonds is 3. The molecule has 2 aromatic rings. The summed E-state index contributed by atoms with van der Waals surface area (Å²) in [6.45, 7) is -0.346. The molecule has 1 aromatic heterocycles. The van der Waals surface area contributed by atoms with Crippen LogP contribution in [0.5, 0.6) is 5.75 Å². The van der Waals surface area contributed by atoms with Crippen LogP contribution in [-0.2, 0) is 26.7 Å². The maximum Gasteiger partial charge on any atom is 0.408 e. The Morgan fingerprint density at radius 3 is 2.52 bits per heavy atom. The molecule has 3 N–H and O–H groups in total. The van der Waals surface area contributed by atoms with Crippen molar-refractivity contribution in [3.63, 3.8) is 0 Å². The third kappa shape index (κ3) is 5.57. The third-order valence-corrected chi connectivity index (χ3v) is 8.88. The van der Waals surface area contributed by atoms with Crippen LogP contribution in [0.3, 0.4) is 0 Å². The summed E-state index contributed by atoms with van der Waals surface area (Å²) in [5.41, 5.74) is -1.69. The Hall–Kier alpha value is -3.08. The zero-order valence-electron chi connectivity index (χ0n) is 20.7. The van der Waals surface area contributed by atoms with Crippen LogP contribution in [-0.4, -0.2) is 73.1 Å². The van der Waals surface area contributed by atoms with E-state index in [2.05, 4.69) is 10.0 Å². The topological polar surface area (TPSA) is 139 Å². The Morgan fingerprint density at radius 2 is 1.90 bits per heavy atom. The zero-order valence-corrected chi connectivity index (χ0v) is 23.0. The van der Waals surface area contributed by atoms with E-state index in [4.69, 9.17) is 27.9 Å². The Morgan fingerprint density at radius 1 is 1.23 bits per heavy atom. The summed E-state index contributed by atoms with van der Waals surface area (Å²) in [5, 5.41) is 3.37. The van der Waals surface area contributed by atoms with Crippen molar-refractivity contribution in [1.29, 1.82) is 0 Å². The fourth-order valence-electron chi connectivity index (χ4n) is 4.30. The van der Waals surface area contributed by atoms with Gasteiger partial charge in [0.25, 0.3) is 5.91 Å². The monoisotopic (exact) mass is 629 g/mol. The number of fused-ring (bicyclic) bond motifs is 1. The van der Waals surface area contributed by atoms with Crippen molar-refractivity contribution >= 4 is 56.6 Å². The molecule has 40 heavy (non-hydrogen) atoms. The molecule has 1 aromatic carbocycles. The van der Waals surface area contributed by atoms with Crippen LogP contribution in [0, 0.1) is 5.82 Å². The maximum absolute atomic E-state index is 13.5. The van der Waals surface area contributed by atoms with Gasteiger partial charge in [-0.15, -0.1) is 0 Å². The highest BCUT2D eigenvalue weighted by molar-refractivity contribution is 7.89. The Kier molecular flexibility index (Phi) is 7.77. The number of sulfonamides is 1. The van der Waals surface area contributed by atoms with Gasteiger partial charge in [-0.2, -0.15) is 17.9 Å². The molecule has 4 rings (SSSR count). The van der Waals surface area contributed by atoms with Crippen molar-refractivity contribution in [2.75, 3.05) is 25.0 Å². The highest BCUT2D eigenvalue weighted by Gasteiger charge is 2.50. The highest BCUT2D eigenvalue weighted by atomic mass is 35.5. The molecule has 0 aliphatic carbocycles. The predicted molar refractivity (Wildman–Crippen MR) is 133 cm³/mol. The Bertz CT molecular complexity index is 1520. The van der Waals surface area contributed by atoms with Gasteiger partial charge < -0.3 is 24.8 Å². The van der Waals surface area contributed by atoms with Crippen molar-refractivity contribution in [3.8, 4) is 5.75 Å². The number of likely N-dealkylation sites (tertiary alicyclic amines) is 1. The number of halogens is 6. The lowest BCUT2D eigenvalue weighted by atomic mass is 10.0. The number of nitrogens with one attached hydrogen (secondary N) is 3. The SMILES string of the molecule is CC(NC(=O)C(=O)N1CC[C@]2(COc3c(c(Cl)n(C)c3C(=O)Nc3ccc(F)c(Cl)c3)S(=O)(=O)N2)C1)C(F)(F)F. The van der Waals surface area contributed by atoms with Gasteiger partial charge in [0.1, 0.15) is 23.6 Å². The molecule has 218 valence electrons. The van der Waals surface area contributed by atoms with E-state index in [0.717, 1.165) is 21.6 Å². The van der Waals surface area contributed by atoms with Gasteiger partial charge in [0, 0.05) is 25.8 Å². The smallest absolute Gasteiger partial charge is 0.408 e. The minimum Gasteiger partial charge on any atom is -0.488 e. The van der Waals surface area contributed by atoms with Gasteiger partial charge in [-0.05, 0) is 31.5 Å². The minimum absolute atomic E-state index is 0.0658. The standard InChI is InChI=1S/C22H21Cl2F4N5O6S/c1-10(22(26,27)28)29-19(35)20(36)33-6-5-21(8-33)9-39-15-14(32(2)17(24)16(15)40(37,38)31-21)18(34)30-11-3-4-13(25)12(23)7-11/h3-4,7,10,31H,5-6,8-9H2,1-2H3,(H,29,35)(H,30,34)/t10?,21-/m1/s1. The molecule has 18 heteroatoms. The van der Waals surface area contributed by atoms with Crippen molar-refractivity contribution in [2.45, 2.75) is 36.0 Å². The molecule has 0 bridgehead atoms. The van der Waals surface area contributed by atoms with E-state index in [-0.39, 0.29) is 34.5 Å². The lowest BCUT2D eigenvalue weighted by Gasteiger charge is -2.27. The Labute approximate surface area is 234 Å². The number of amides is 3. The van der Waals surface area contributed by atoms with Crippen LogP contribution in [0.4, 0.5) is 23.2 Å². The normalized spacial score (nSPS) is 20.9. The summed E-state index contributed by atoms with van der Waals surface area (Å²) in [4.78, 5) is 38.1. The zero-order chi connectivity index (χ0) is 29.8. The summed E-state index contributed by atoms with van der Waals surface area (Å²) in [5.74, 6) is -4.78. The molecule has 1 unspecified atom stereocenters. The van der Waals surface area contributed by atoms with E-state index in [1.54, 1.807) is 5.32 Å². The quantitative estimate of drug-likeness (QED) is 0.352. The average Bonchev–Trinajstić information content (AvgIpc) is 3.33. The molecular formula is C22H21Cl2F4N5O6S. The number of nitrogens with zero attached hydrogens (tertiary/aromatic N) is 2. The van der Waals surface area contributed by atoms with E-state index in [1.807, 2.05) is 0 Å². The molecule has 2 aliphatic heterocycles. The van der Waals surface area contributed by atoms with Crippen LogP contribution < -0.4 is 20.1 Å². The number of alkyl halides is 3. The summed E-state index contributed by atoms with van der Waals surface area (Å²) < 4.78 is 87.9. The number of benzene rings is 1. The molecule has 1 spiro atoms. The van der Waals surface area contributed by atoms with E-state index >= 15 is 0 Å². The van der Waals surface area contributed by atoms with Crippen molar-refractivity contribution in [2.24, 2.45) is 7.05 Å². The van der Waals surface area contributed by atoms with Crippen LogP contribution in [0.15, 0.2) is 23.1 Å². The second kappa shape index (κ2) is 10.4. The molecule has 2 aliphatic rings. The fraction of sp³-hybridized carbons (Fsp3) is 0.409. The number of carbonyl (C=O) groups is 3. The number of ether oxygens (including phenoxy) is 1. The van der Waals surface area contributed by atoms with Crippen molar-refractivity contribution < 1.29 is 45.1 Å². The second-order valence-electron chi connectivity index (χ2n) is 9.33. The molecule has 3 amide bonds. The first-order chi connectivity index (χ1) is 18.5. The average molecular weight is 630 g/mol. The van der Waals surface area contributed by atoms with Crippen LogP contribution >= 0.6 is 23.2 Å². The van der Waals surface area contributed by atoms with Crippen molar-refractivity contribution in [1.82, 2.24) is 19.5 Å². The molecule has 0 saturated carbocycles. The first kappa shape index (κ1) is 29.9. The molecule has 3 heterocycles. The van der Waals surface area contributed by atoms with Crippen LogP contribution in [0.25, 0.3) is 0 Å². The van der Waals surface area contributed by atoms with Gasteiger partial charge in [0.05, 0.1) is 10.6 Å². The predicted octanol–water partition coefficient (Wildman–Crippen LogP) is 2.43. The molecule has 1 fully saturated rings. The number of carbonyl (C=O) groups excluding carboxylic acids is 3. The summed E-state index contributed by atoms with van der Waals surface area (Å²) in [7, 11) is -3.18. The van der Waals surface area contributed by atoms with Gasteiger partial charge in [-0.1, -0.05) is 23.2 Å². The Balaban J connectivity index is 1.58. The van der Waals surface area contributed by atoms with E-state index in [1.165, 1.54) is 13.1 Å². The largest absolute Gasteiger partial charge is 0.488 e. The summed E-state index contributed by atoms with van der Waals surface area (Å²) in [6, 6.07) is 1.10. The lowest BCUT2D eigenvalue weighted by molar-refractivity contribution is -0.162. The number of hydrogen-bond donors (Lipinski definition) is 3. The van der Waals surface area contributed by atoms with Gasteiger partial charge in [0.2, 0.25) is 10.0 Å². The van der Waals surface area contributed by atoms with E-state index < -0.39 is 75.1 Å². The summed E-state index contributed by atoms with van der Waals surface area (Å²) >= 11 is 12.0. The number of anilines is 1. The van der Waals surface area contributed by atoms with Gasteiger partial charge in [-0.25, -0.2) is 12.8 Å². The molecule has 2 atom stereocenters. The molecule has 1 saturated heterocycles. The van der Waals surface area contributed by atoms with Crippen molar-refractivity contribution in [3.05, 3.63) is 39.9 Å². The lowest BCUT2D eigenvalue weighted by Crippen LogP contribution is -2.55. The van der Waals surface area contributed by atoms with Gasteiger partial charge >= 0.3 is 18.0 Å². The van der Waals surface area contributed by atoms with E-state index in [9.17, 15) is 40.4 Å². The van der Waals surface area contributed by atoms with E-state index in [0.29, 0.717) is 6.92 Å². The third-order valence-electron chi connectivity index (χ3n) is 6.42. The highest BCUT2D eigenvalue weighted by Crippen LogP contribution is 2.41. The maximum atomic E-state index is 13.5. The van der Waals surface area contributed by atoms with Crippen LogP contribution in [0.1, 0.15) is 23.8 Å². The number of aromatic nitrogens is 1. The molecule has 11 nitrogen and oxygen atoms in total. The molecule has 0 radical (unpaired) electrons. The summed E-state index contributed by atoms with van der Waals surface area (Å²) in [6.07, 6.45) is -4.84. The van der Waals surface area contributed by atoms with Crippen LogP contribution in [0.2, 0.25) is 10.2 Å². The fourth-order valence-corrected chi connectivity index (χ4v) is 6.61. The first-order valence-electron chi connectivity index (χ1n) is 11.4. The minimum atomic E-state index is -4.77. The number of hydrogen-bond acceptors (Lipinski definition) is 6. The molecular weight excluding hydrogens is 609 g/mol.